The van der Waals surface area contributed by atoms with Gasteiger partial charge in [-0.2, -0.15) is 0 Å². The van der Waals surface area contributed by atoms with Gasteiger partial charge < -0.3 is 10.1 Å². The lowest BCUT2D eigenvalue weighted by molar-refractivity contribution is -0.274. The predicted octanol–water partition coefficient (Wildman–Crippen LogP) is 4.64. The van der Waals surface area contributed by atoms with E-state index in [1.165, 1.54) is 31.4 Å². The number of rotatable bonds is 8. The monoisotopic (exact) mass is 289 g/mol. The van der Waals surface area contributed by atoms with E-state index in [1.807, 2.05) is 0 Å². The second kappa shape index (κ2) is 8.15. The van der Waals surface area contributed by atoms with E-state index in [2.05, 4.69) is 23.9 Å². The third-order valence-electron chi connectivity index (χ3n) is 3.05. The van der Waals surface area contributed by atoms with E-state index < -0.39 is 6.36 Å². The number of nitrogens with one attached hydrogen (secondary N) is 1. The fourth-order valence-electron chi connectivity index (χ4n) is 1.90. The Morgan fingerprint density at radius 1 is 1.15 bits per heavy atom. The zero-order valence-corrected chi connectivity index (χ0v) is 12.0. The van der Waals surface area contributed by atoms with E-state index in [-0.39, 0.29) is 5.75 Å². The standard InChI is InChI=1S/C15H22F3NO/c1-3-4-5-6-12(2)19-11-13-7-9-14(10-8-13)20-15(16,17)18/h7-10,12,19H,3-6,11H2,1-2H3. The van der Waals surface area contributed by atoms with E-state index in [0.717, 1.165) is 12.0 Å². The highest BCUT2D eigenvalue weighted by Crippen LogP contribution is 2.22. The summed E-state index contributed by atoms with van der Waals surface area (Å²) in [5.41, 5.74) is 0.946. The molecule has 20 heavy (non-hydrogen) atoms. The first-order chi connectivity index (χ1) is 9.40. The molecule has 114 valence electrons. The zero-order chi connectivity index (χ0) is 15.0. The van der Waals surface area contributed by atoms with Crippen molar-refractivity contribution in [2.45, 2.75) is 58.5 Å². The van der Waals surface area contributed by atoms with Crippen molar-refractivity contribution < 1.29 is 17.9 Å². The fraction of sp³-hybridized carbons (Fsp3) is 0.600. The molecule has 0 aliphatic carbocycles. The highest BCUT2D eigenvalue weighted by Gasteiger charge is 2.30. The van der Waals surface area contributed by atoms with Gasteiger partial charge in [0.2, 0.25) is 0 Å². The average Bonchev–Trinajstić information content (AvgIpc) is 2.36. The van der Waals surface area contributed by atoms with Gasteiger partial charge in [-0.05, 0) is 31.0 Å². The van der Waals surface area contributed by atoms with Gasteiger partial charge >= 0.3 is 6.36 Å². The van der Waals surface area contributed by atoms with Gasteiger partial charge in [0, 0.05) is 12.6 Å². The maximum Gasteiger partial charge on any atom is 0.573 e. The molecule has 0 saturated carbocycles. The molecule has 0 radical (unpaired) electrons. The molecule has 1 unspecified atom stereocenters. The number of halogens is 3. The van der Waals surface area contributed by atoms with E-state index >= 15 is 0 Å². The molecular formula is C15H22F3NO. The molecule has 0 spiro atoms. The second-order valence-corrected chi connectivity index (χ2v) is 4.97. The molecule has 0 fully saturated rings. The van der Waals surface area contributed by atoms with Crippen molar-refractivity contribution in [1.29, 1.82) is 0 Å². The van der Waals surface area contributed by atoms with Crippen LogP contribution in [0, 0.1) is 0 Å². The summed E-state index contributed by atoms with van der Waals surface area (Å²) >= 11 is 0. The summed E-state index contributed by atoms with van der Waals surface area (Å²) in [5, 5.41) is 3.36. The van der Waals surface area contributed by atoms with Crippen LogP contribution in [0.3, 0.4) is 0 Å². The maximum absolute atomic E-state index is 12.0. The Morgan fingerprint density at radius 2 is 1.80 bits per heavy atom. The highest BCUT2D eigenvalue weighted by atomic mass is 19.4. The number of benzene rings is 1. The number of alkyl halides is 3. The molecule has 0 aromatic heterocycles. The lowest BCUT2D eigenvalue weighted by Gasteiger charge is -2.14. The summed E-state index contributed by atoms with van der Waals surface area (Å²) in [4.78, 5) is 0. The van der Waals surface area contributed by atoms with Crippen molar-refractivity contribution in [3.63, 3.8) is 0 Å². The van der Waals surface area contributed by atoms with Gasteiger partial charge in [-0.25, -0.2) is 0 Å². The molecule has 2 nitrogen and oxygen atoms in total. The van der Waals surface area contributed by atoms with Crippen LogP contribution in [0.25, 0.3) is 0 Å². The van der Waals surface area contributed by atoms with Crippen LogP contribution in [-0.4, -0.2) is 12.4 Å². The molecule has 0 heterocycles. The van der Waals surface area contributed by atoms with Crippen LogP contribution in [0.4, 0.5) is 13.2 Å². The summed E-state index contributed by atoms with van der Waals surface area (Å²) in [7, 11) is 0. The third kappa shape index (κ3) is 7.38. The summed E-state index contributed by atoms with van der Waals surface area (Å²) in [6.07, 6.45) is 0.114. The van der Waals surface area contributed by atoms with E-state index in [0.29, 0.717) is 12.6 Å². The van der Waals surface area contributed by atoms with Crippen LogP contribution < -0.4 is 10.1 Å². The van der Waals surface area contributed by atoms with E-state index in [1.54, 1.807) is 12.1 Å². The second-order valence-electron chi connectivity index (χ2n) is 4.97. The molecule has 0 saturated heterocycles. The van der Waals surface area contributed by atoms with Crippen molar-refractivity contribution in [3.05, 3.63) is 29.8 Å². The van der Waals surface area contributed by atoms with Gasteiger partial charge in [0.15, 0.2) is 0 Å². The quantitative estimate of drug-likeness (QED) is 0.704. The Morgan fingerprint density at radius 3 is 2.35 bits per heavy atom. The normalized spacial score (nSPS) is 13.2. The minimum Gasteiger partial charge on any atom is -0.406 e. The van der Waals surface area contributed by atoms with Crippen LogP contribution in [-0.2, 0) is 6.54 Å². The zero-order valence-electron chi connectivity index (χ0n) is 12.0. The van der Waals surface area contributed by atoms with Gasteiger partial charge in [-0.3, -0.25) is 0 Å². The largest absolute Gasteiger partial charge is 0.573 e. The summed E-state index contributed by atoms with van der Waals surface area (Å²) in [6, 6.07) is 6.38. The topological polar surface area (TPSA) is 21.3 Å². The molecule has 1 N–H and O–H groups in total. The molecule has 0 aliphatic heterocycles. The van der Waals surface area contributed by atoms with Crippen molar-refractivity contribution in [1.82, 2.24) is 5.32 Å². The van der Waals surface area contributed by atoms with Crippen LogP contribution in [0.1, 0.15) is 45.1 Å². The fourth-order valence-corrected chi connectivity index (χ4v) is 1.90. The molecule has 0 amide bonds. The molecule has 1 rings (SSSR count). The molecule has 1 atom stereocenters. The summed E-state index contributed by atoms with van der Waals surface area (Å²) < 4.78 is 39.9. The maximum atomic E-state index is 12.0. The van der Waals surface area contributed by atoms with Crippen molar-refractivity contribution in [2.24, 2.45) is 0 Å². The number of ether oxygens (including phenoxy) is 1. The molecule has 5 heteroatoms. The number of hydrogen-bond acceptors (Lipinski definition) is 2. The van der Waals surface area contributed by atoms with Crippen LogP contribution in [0.2, 0.25) is 0 Å². The first-order valence-electron chi connectivity index (χ1n) is 6.99. The van der Waals surface area contributed by atoms with Crippen LogP contribution in [0.15, 0.2) is 24.3 Å². The van der Waals surface area contributed by atoms with Crippen molar-refractivity contribution in [2.75, 3.05) is 0 Å². The Hall–Kier alpha value is -1.23. The minimum atomic E-state index is -4.63. The summed E-state index contributed by atoms with van der Waals surface area (Å²) in [5.74, 6) is -0.183. The van der Waals surface area contributed by atoms with Crippen LogP contribution in [0.5, 0.6) is 5.75 Å². The average molecular weight is 289 g/mol. The summed E-state index contributed by atoms with van der Waals surface area (Å²) in [6.45, 7) is 4.94. The lowest BCUT2D eigenvalue weighted by Crippen LogP contribution is -2.25. The lowest BCUT2D eigenvalue weighted by atomic mass is 10.1. The van der Waals surface area contributed by atoms with Crippen molar-refractivity contribution >= 4 is 0 Å². The van der Waals surface area contributed by atoms with Gasteiger partial charge in [-0.15, -0.1) is 13.2 Å². The van der Waals surface area contributed by atoms with Gasteiger partial charge in [0.1, 0.15) is 5.75 Å². The van der Waals surface area contributed by atoms with Crippen molar-refractivity contribution in [3.8, 4) is 5.75 Å². The molecule has 1 aromatic carbocycles. The molecule has 0 bridgehead atoms. The minimum absolute atomic E-state index is 0.183. The smallest absolute Gasteiger partial charge is 0.406 e. The number of unbranched alkanes of at least 4 members (excludes halogenated alkanes) is 2. The first kappa shape index (κ1) is 16.8. The van der Waals surface area contributed by atoms with Gasteiger partial charge in [0.25, 0.3) is 0 Å². The Bertz CT molecular complexity index is 376. The van der Waals surface area contributed by atoms with Gasteiger partial charge in [0.05, 0.1) is 0 Å². The van der Waals surface area contributed by atoms with E-state index in [9.17, 15) is 13.2 Å². The number of hydrogen-bond donors (Lipinski definition) is 1. The molecule has 1 aromatic rings. The predicted molar refractivity (Wildman–Crippen MR) is 73.6 cm³/mol. The highest BCUT2D eigenvalue weighted by molar-refractivity contribution is 5.27. The SMILES string of the molecule is CCCCCC(C)NCc1ccc(OC(F)(F)F)cc1. The van der Waals surface area contributed by atoms with Gasteiger partial charge in [-0.1, -0.05) is 38.3 Å². The van der Waals surface area contributed by atoms with Crippen LogP contribution >= 0.6 is 0 Å². The Labute approximate surface area is 118 Å². The Kier molecular flexibility index (Phi) is 6.85. The molecular weight excluding hydrogens is 267 g/mol. The third-order valence-corrected chi connectivity index (χ3v) is 3.05. The first-order valence-corrected chi connectivity index (χ1v) is 6.99. The van der Waals surface area contributed by atoms with E-state index in [4.69, 9.17) is 0 Å². The molecule has 0 aliphatic rings. The Balaban J connectivity index is 2.34.